The van der Waals surface area contributed by atoms with Gasteiger partial charge < -0.3 is 14.8 Å². The molecule has 1 N–H and O–H groups in total. The van der Waals surface area contributed by atoms with Crippen LogP contribution in [-0.2, 0) is 29.1 Å². The number of hydrogen-bond donors (Lipinski definition) is 1. The van der Waals surface area contributed by atoms with Crippen molar-refractivity contribution in [2.75, 3.05) is 18.8 Å². The normalized spacial score (nSPS) is 28.6. The van der Waals surface area contributed by atoms with E-state index in [4.69, 9.17) is 0 Å². The molecule has 4 aliphatic carbocycles. The number of aromatic nitrogens is 3. The molecule has 4 saturated carbocycles. The summed E-state index contributed by atoms with van der Waals surface area (Å²) < 4.78 is 2.05. The molecule has 5 aliphatic rings. The van der Waals surface area contributed by atoms with Gasteiger partial charge in [-0.05, 0) is 93.9 Å². The SMILES string of the molecule is CCn1c(CNC(=O)C23CC4CC(CC(C4)C2)C3)nnc1SCC(=O)N1CCC(Cc2ccccc2)CC1. The van der Waals surface area contributed by atoms with Crippen LogP contribution in [0.25, 0.3) is 0 Å². The predicted molar refractivity (Wildman–Crippen MR) is 148 cm³/mol. The highest BCUT2D eigenvalue weighted by Crippen LogP contribution is 2.60. The fourth-order valence-electron chi connectivity index (χ4n) is 8.16. The van der Waals surface area contributed by atoms with E-state index in [1.54, 1.807) is 0 Å². The summed E-state index contributed by atoms with van der Waals surface area (Å²) >= 11 is 1.46. The van der Waals surface area contributed by atoms with Crippen molar-refractivity contribution < 1.29 is 9.59 Å². The number of piperidine rings is 1. The third kappa shape index (κ3) is 5.38. The first-order chi connectivity index (χ1) is 18.5. The Labute approximate surface area is 230 Å². The smallest absolute Gasteiger partial charge is 0.233 e. The fourth-order valence-corrected chi connectivity index (χ4v) is 9.09. The number of likely N-dealkylation sites (tertiary alicyclic amines) is 1. The molecule has 1 aromatic carbocycles. The average Bonchev–Trinajstić information content (AvgIpc) is 3.32. The number of carbonyl (C=O) groups excluding carboxylic acids is 2. The molecule has 1 saturated heterocycles. The van der Waals surface area contributed by atoms with Crippen LogP contribution in [0.1, 0.15) is 69.7 Å². The molecule has 0 atom stereocenters. The van der Waals surface area contributed by atoms with Crippen molar-refractivity contribution in [3.8, 4) is 0 Å². The van der Waals surface area contributed by atoms with E-state index in [1.165, 1.54) is 36.6 Å². The van der Waals surface area contributed by atoms with Crippen molar-refractivity contribution in [3.63, 3.8) is 0 Å². The molecule has 7 nitrogen and oxygen atoms in total. The summed E-state index contributed by atoms with van der Waals surface area (Å²) in [5, 5.41) is 12.8. The van der Waals surface area contributed by atoms with Gasteiger partial charge in [-0.25, -0.2) is 0 Å². The molecule has 1 aliphatic heterocycles. The second kappa shape index (κ2) is 11.0. The van der Waals surface area contributed by atoms with Crippen LogP contribution in [0.3, 0.4) is 0 Å². The van der Waals surface area contributed by atoms with Gasteiger partial charge in [0, 0.05) is 25.0 Å². The molecule has 0 unspecified atom stereocenters. The summed E-state index contributed by atoms with van der Waals surface area (Å²) in [5.74, 6) is 4.46. The van der Waals surface area contributed by atoms with Gasteiger partial charge in [-0.15, -0.1) is 10.2 Å². The number of hydrogen-bond acceptors (Lipinski definition) is 5. The molecular weight excluding hydrogens is 494 g/mol. The van der Waals surface area contributed by atoms with Gasteiger partial charge >= 0.3 is 0 Å². The summed E-state index contributed by atoms with van der Waals surface area (Å²) in [6.45, 7) is 4.86. The highest BCUT2D eigenvalue weighted by atomic mass is 32.2. The Balaban J connectivity index is 0.984. The van der Waals surface area contributed by atoms with Gasteiger partial charge in [0.05, 0.1) is 12.3 Å². The molecule has 2 heterocycles. The lowest BCUT2D eigenvalue weighted by atomic mass is 9.49. The van der Waals surface area contributed by atoms with Crippen molar-refractivity contribution in [1.82, 2.24) is 25.0 Å². The number of nitrogens with zero attached hydrogens (tertiary/aromatic N) is 4. The summed E-state index contributed by atoms with van der Waals surface area (Å²) in [5.41, 5.74) is 1.24. The molecule has 0 spiro atoms. The van der Waals surface area contributed by atoms with Gasteiger partial charge in [-0.2, -0.15) is 0 Å². The Hall–Kier alpha value is -2.35. The van der Waals surface area contributed by atoms with Crippen LogP contribution in [0.2, 0.25) is 0 Å². The molecule has 38 heavy (non-hydrogen) atoms. The van der Waals surface area contributed by atoms with E-state index >= 15 is 0 Å². The second-order valence-electron chi connectivity index (χ2n) is 12.3. The van der Waals surface area contributed by atoms with E-state index in [0.29, 0.717) is 18.2 Å². The van der Waals surface area contributed by atoms with Crippen molar-refractivity contribution in [2.45, 2.75) is 83.0 Å². The van der Waals surface area contributed by atoms with Gasteiger partial charge in [-0.3, -0.25) is 9.59 Å². The van der Waals surface area contributed by atoms with Crippen LogP contribution in [0.5, 0.6) is 0 Å². The van der Waals surface area contributed by atoms with E-state index in [2.05, 4.69) is 52.8 Å². The predicted octanol–water partition coefficient (Wildman–Crippen LogP) is 4.70. The molecule has 7 rings (SSSR count). The number of benzene rings is 1. The Morgan fingerprint density at radius 1 is 1.00 bits per heavy atom. The van der Waals surface area contributed by atoms with Crippen LogP contribution in [0, 0.1) is 29.1 Å². The van der Waals surface area contributed by atoms with E-state index in [0.717, 1.165) is 86.9 Å². The molecule has 8 heteroatoms. The fraction of sp³-hybridized carbons (Fsp3) is 0.667. The zero-order valence-electron chi connectivity index (χ0n) is 22.6. The van der Waals surface area contributed by atoms with Crippen molar-refractivity contribution in [1.29, 1.82) is 0 Å². The highest BCUT2D eigenvalue weighted by Gasteiger charge is 2.54. The van der Waals surface area contributed by atoms with Gasteiger partial charge in [0.1, 0.15) is 0 Å². The monoisotopic (exact) mass is 535 g/mol. The average molecular weight is 536 g/mol. The van der Waals surface area contributed by atoms with Gasteiger partial charge in [0.15, 0.2) is 11.0 Å². The molecule has 204 valence electrons. The lowest BCUT2D eigenvalue weighted by Gasteiger charge is -2.55. The minimum atomic E-state index is -0.148. The van der Waals surface area contributed by atoms with Crippen LogP contribution >= 0.6 is 11.8 Å². The maximum absolute atomic E-state index is 13.4. The Morgan fingerprint density at radius 2 is 1.66 bits per heavy atom. The highest BCUT2D eigenvalue weighted by molar-refractivity contribution is 7.99. The standard InChI is InChI=1S/C30H41N5O2S/c1-2-35-26(19-31-28(37)30-16-23-13-24(17-30)15-25(14-23)18-30)32-33-29(35)38-20-27(36)34-10-8-22(9-11-34)12-21-6-4-3-5-7-21/h3-7,22-25H,2,8-20H2,1H3,(H,31,37). The van der Waals surface area contributed by atoms with Gasteiger partial charge in [0.25, 0.3) is 0 Å². The van der Waals surface area contributed by atoms with Crippen molar-refractivity contribution in [3.05, 3.63) is 41.7 Å². The molecule has 5 fully saturated rings. The van der Waals surface area contributed by atoms with Crippen LogP contribution in [0.15, 0.2) is 35.5 Å². The summed E-state index contributed by atoms with van der Waals surface area (Å²) in [6, 6.07) is 10.7. The number of thioether (sulfide) groups is 1. The van der Waals surface area contributed by atoms with Crippen molar-refractivity contribution in [2.24, 2.45) is 29.1 Å². The lowest BCUT2D eigenvalue weighted by Crippen LogP contribution is -2.53. The molecule has 4 bridgehead atoms. The number of amides is 2. The van der Waals surface area contributed by atoms with E-state index in [1.807, 2.05) is 9.47 Å². The van der Waals surface area contributed by atoms with E-state index in [-0.39, 0.29) is 17.2 Å². The number of carbonyl (C=O) groups is 2. The minimum Gasteiger partial charge on any atom is -0.348 e. The summed E-state index contributed by atoms with van der Waals surface area (Å²) in [6.07, 6.45) is 10.4. The zero-order chi connectivity index (χ0) is 26.1. The zero-order valence-corrected chi connectivity index (χ0v) is 23.4. The second-order valence-corrected chi connectivity index (χ2v) is 13.3. The molecule has 1 aromatic heterocycles. The van der Waals surface area contributed by atoms with Crippen molar-refractivity contribution >= 4 is 23.6 Å². The van der Waals surface area contributed by atoms with Gasteiger partial charge in [-0.1, -0.05) is 42.1 Å². The third-order valence-electron chi connectivity index (χ3n) is 9.70. The van der Waals surface area contributed by atoms with Gasteiger partial charge in [0.2, 0.25) is 11.8 Å². The number of rotatable bonds is 9. The molecule has 0 radical (unpaired) electrons. The maximum atomic E-state index is 13.4. The maximum Gasteiger partial charge on any atom is 0.233 e. The van der Waals surface area contributed by atoms with Crippen LogP contribution < -0.4 is 5.32 Å². The molecule has 2 amide bonds. The third-order valence-corrected chi connectivity index (χ3v) is 10.6. The first kappa shape index (κ1) is 25.9. The minimum absolute atomic E-state index is 0.148. The van der Waals surface area contributed by atoms with Crippen LogP contribution in [-0.4, -0.2) is 50.3 Å². The molecular formula is C30H41N5O2S. The van der Waals surface area contributed by atoms with E-state index in [9.17, 15) is 9.59 Å². The Morgan fingerprint density at radius 3 is 2.29 bits per heavy atom. The van der Waals surface area contributed by atoms with E-state index < -0.39 is 0 Å². The quantitative estimate of drug-likeness (QED) is 0.471. The Bertz CT molecular complexity index is 1110. The largest absolute Gasteiger partial charge is 0.348 e. The lowest BCUT2D eigenvalue weighted by molar-refractivity contribution is -0.146. The van der Waals surface area contributed by atoms with Crippen LogP contribution in [0.4, 0.5) is 0 Å². The summed E-state index contributed by atoms with van der Waals surface area (Å²) in [4.78, 5) is 28.3. The topological polar surface area (TPSA) is 80.1 Å². The molecule has 2 aromatic rings. The Kier molecular flexibility index (Phi) is 7.52. The summed E-state index contributed by atoms with van der Waals surface area (Å²) in [7, 11) is 0. The first-order valence-electron chi connectivity index (χ1n) is 14.7. The number of nitrogens with one attached hydrogen (secondary N) is 1. The first-order valence-corrected chi connectivity index (χ1v) is 15.6.